The predicted octanol–water partition coefficient (Wildman–Crippen LogP) is 11.1. The third-order valence-corrected chi connectivity index (χ3v) is 26.5. The number of fused-ring (bicyclic) bond motifs is 12. The van der Waals surface area contributed by atoms with Crippen molar-refractivity contribution in [2.24, 2.45) is 51.2 Å². The second-order valence-electron chi connectivity index (χ2n) is 32.7. The zero-order valence-corrected chi connectivity index (χ0v) is 63.7. The van der Waals surface area contributed by atoms with Crippen molar-refractivity contribution in [3.63, 3.8) is 0 Å². The van der Waals surface area contributed by atoms with Crippen molar-refractivity contribution < 1.29 is 101 Å². The van der Waals surface area contributed by atoms with E-state index in [1.807, 2.05) is 93.6 Å². The SMILES string of the molecule is CC(=O)OC12COC1C[C@H](C)[C@@]1(C)C(=O)C(O)C3=C(C)C(=O)CC(O)(C(OC(=O)c4cccc5ccccc45)C21)C3(C)C.CC(=O)OC1C(=O)[C@@]2(C)C(C(OC(=O)c3cccc4ccccc34)C3(O)CC(=O)C(C)=C1C3(C)C)C1(OC(C)=O)COC1C[C@@H]2C.C[C@H]1C(=O)N(C(=O)c2ccccc2)C1c1ccccc1. The van der Waals surface area contributed by atoms with E-state index < -0.39 is 170 Å². The van der Waals surface area contributed by atoms with E-state index in [0.717, 1.165) is 16.3 Å². The maximum Gasteiger partial charge on any atom is 0.339 e. The molecule has 6 aliphatic carbocycles. The van der Waals surface area contributed by atoms with Gasteiger partial charge in [-0.05, 0) is 112 Å². The number of Topliss-reactive ketones (excluding diaryl/α,β-unsaturated/α-hetero) is 4. The summed E-state index contributed by atoms with van der Waals surface area (Å²) in [5.74, 6) is -9.30. The topological polar surface area (TPSA) is 316 Å². The van der Waals surface area contributed by atoms with Crippen molar-refractivity contribution in [3.8, 4) is 0 Å². The standard InChI is InChI=1S/C36H40O10.C34H38O9.C17H15NO2/c1-18-15-26-35(17-43-26,46-21(4)38)29-31(45-32(41)24-14-10-12-22-11-8-9-13-23(22)24)36(42)16-25(39)19(2)27(33(36,5)6)28(44-20(3)37)30(40)34(18,29)7;1-17-14-24-33(16-41-24,43-19(3)35)27-29(42-30(39)22-13-9-11-20-10-7-8-12-21(20)22)34(40)15-23(36)18(2)25(31(34,4)5)26(37)28(38)32(17,27)6;1-12-15(13-8-4-2-5-9-13)18(16(12)19)17(20)14-10-6-3-7-11-14/h8-14,18,26,28-29,31,42H,15-17H2,1-7H3;7-13,17,24,26-27,29,37,40H,14-16H2,1-6H3;2-12,15H,1H3/t18-,26?,28?,29?,31?,34+,35?,36?;17-,24?,26?,27?,29?,32+,33?,34?;12-,15?/m001/s1. The van der Waals surface area contributed by atoms with Gasteiger partial charge in [0.15, 0.2) is 40.4 Å². The minimum Gasteiger partial charge on any atom is -0.455 e. The maximum absolute atomic E-state index is 15.1. The minimum absolute atomic E-state index is 0.0951. The van der Waals surface area contributed by atoms with E-state index in [9.17, 15) is 63.3 Å². The quantitative estimate of drug-likeness (QED) is 0.0524. The van der Waals surface area contributed by atoms with E-state index in [1.165, 1.54) is 25.7 Å². The molecule has 0 radical (unpaired) electrons. The summed E-state index contributed by atoms with van der Waals surface area (Å²) in [4.78, 5) is 149. The summed E-state index contributed by atoms with van der Waals surface area (Å²) in [7, 11) is 0. The van der Waals surface area contributed by atoms with E-state index in [1.54, 1.807) is 128 Å². The van der Waals surface area contributed by atoms with Gasteiger partial charge in [0.2, 0.25) is 5.91 Å². The van der Waals surface area contributed by atoms with Crippen LogP contribution in [0, 0.1) is 51.2 Å². The number of imide groups is 1. The fraction of sp³-hybridized carbons (Fsp3) is 0.460. The van der Waals surface area contributed by atoms with E-state index >= 15 is 4.79 Å². The number of hydrogen-bond donors (Lipinski definition) is 3. The van der Waals surface area contributed by atoms with Gasteiger partial charge in [-0.15, -0.1) is 0 Å². The summed E-state index contributed by atoms with van der Waals surface area (Å²) in [5, 5.41) is 40.5. The van der Waals surface area contributed by atoms with Crippen molar-refractivity contribution in [2.45, 2.75) is 188 Å². The second kappa shape index (κ2) is 27.7. The van der Waals surface area contributed by atoms with Crippen molar-refractivity contribution in [2.75, 3.05) is 13.2 Å². The number of hydrogen-bond acceptors (Lipinski definition) is 21. The van der Waals surface area contributed by atoms with Crippen LogP contribution in [0.3, 0.4) is 0 Å². The number of carbonyl (C=O) groups is 11. The summed E-state index contributed by atoms with van der Waals surface area (Å²) in [6, 6.07) is 43.5. The molecule has 3 N–H and O–H groups in total. The molecule has 0 spiro atoms. The normalized spacial score (nSPS) is 34.4. The number of benzene rings is 6. The van der Waals surface area contributed by atoms with Crippen LogP contribution in [-0.2, 0) is 71.5 Å². The predicted molar refractivity (Wildman–Crippen MR) is 395 cm³/mol. The number of ketones is 4. The van der Waals surface area contributed by atoms with E-state index in [0.29, 0.717) is 29.2 Å². The maximum atomic E-state index is 15.1. The molecule has 0 aromatic heterocycles. The molecule has 3 heterocycles. The van der Waals surface area contributed by atoms with Crippen molar-refractivity contribution in [1.82, 2.24) is 4.90 Å². The van der Waals surface area contributed by atoms with Crippen LogP contribution in [0.1, 0.15) is 165 Å². The van der Waals surface area contributed by atoms with Gasteiger partial charge in [-0.2, -0.15) is 0 Å². The smallest absolute Gasteiger partial charge is 0.339 e. The van der Waals surface area contributed by atoms with Gasteiger partial charge < -0.3 is 48.5 Å². The Balaban J connectivity index is 0.000000154. The Bertz CT molecular complexity index is 4870. The van der Waals surface area contributed by atoms with Gasteiger partial charge in [-0.25, -0.2) is 9.59 Å². The van der Waals surface area contributed by atoms with Gasteiger partial charge in [0, 0.05) is 60.8 Å². The van der Waals surface area contributed by atoms with Crippen LogP contribution in [0.4, 0.5) is 0 Å². The van der Waals surface area contributed by atoms with E-state index in [-0.39, 0.29) is 70.4 Å². The summed E-state index contributed by atoms with van der Waals surface area (Å²) >= 11 is 0. The van der Waals surface area contributed by atoms with Gasteiger partial charge in [0.1, 0.15) is 41.7 Å². The fourth-order valence-electron chi connectivity index (χ4n) is 20.1. The highest BCUT2D eigenvalue weighted by molar-refractivity contribution is 6.10. The average molecular weight is 1490 g/mol. The van der Waals surface area contributed by atoms with Gasteiger partial charge >= 0.3 is 29.8 Å². The number of likely N-dealkylation sites (tertiary alicyclic amines) is 1. The number of ether oxygens (including phenoxy) is 7. The highest BCUT2D eigenvalue weighted by Crippen LogP contribution is 2.68. The van der Waals surface area contributed by atoms with Crippen LogP contribution in [0.15, 0.2) is 168 Å². The summed E-state index contributed by atoms with van der Waals surface area (Å²) in [6.07, 6.45) is -7.82. The summed E-state index contributed by atoms with van der Waals surface area (Å²) < 4.78 is 42.6. The number of esters is 5. The number of aliphatic hydroxyl groups excluding tert-OH is 1. The van der Waals surface area contributed by atoms with Gasteiger partial charge in [0.05, 0.1) is 48.1 Å². The zero-order valence-electron chi connectivity index (χ0n) is 63.7. The van der Waals surface area contributed by atoms with Crippen molar-refractivity contribution in [3.05, 3.63) is 190 Å². The molecule has 6 aromatic carbocycles. The van der Waals surface area contributed by atoms with E-state index in [4.69, 9.17) is 33.2 Å². The number of allylic oxidation sites excluding steroid dienone is 2. The van der Waals surface area contributed by atoms with Gasteiger partial charge in [-0.3, -0.25) is 48.1 Å². The highest BCUT2D eigenvalue weighted by atomic mass is 16.6. The molecule has 7 fully saturated rings. The second-order valence-corrected chi connectivity index (χ2v) is 32.7. The first-order valence-corrected chi connectivity index (χ1v) is 37.2. The monoisotopic (exact) mass is 1490 g/mol. The first-order chi connectivity index (χ1) is 51.3. The molecule has 9 aliphatic rings. The van der Waals surface area contributed by atoms with Crippen LogP contribution in [0.2, 0.25) is 0 Å². The minimum atomic E-state index is -2.13. The third kappa shape index (κ3) is 11.8. The largest absolute Gasteiger partial charge is 0.455 e. The molecule has 3 aliphatic heterocycles. The van der Waals surface area contributed by atoms with Crippen molar-refractivity contribution in [1.29, 1.82) is 0 Å². The molecule has 15 rings (SSSR count). The number of β-lactam (4-membered cyclic amide) rings is 1. The third-order valence-electron chi connectivity index (χ3n) is 26.5. The number of nitrogens with zero attached hydrogens (tertiary/aromatic N) is 1. The molecule has 22 nitrogen and oxygen atoms in total. The Morgan fingerprint density at radius 1 is 0.495 bits per heavy atom. The molecule has 13 unspecified atom stereocenters. The lowest BCUT2D eigenvalue weighted by Gasteiger charge is -2.67. The molecule has 572 valence electrons. The molecule has 6 aromatic rings. The Labute approximate surface area is 631 Å². The Hall–Kier alpha value is -9.71. The number of rotatable bonds is 9. The Kier molecular flexibility index (Phi) is 19.7. The molecular formula is C87H93NO21. The van der Waals surface area contributed by atoms with Gasteiger partial charge in [-0.1, -0.05) is 184 Å². The molecule has 3 saturated heterocycles. The molecule has 2 amide bonds. The van der Waals surface area contributed by atoms with Crippen LogP contribution in [-0.4, -0.2) is 157 Å². The Morgan fingerprint density at radius 2 is 0.899 bits per heavy atom. The fourth-order valence-corrected chi connectivity index (χ4v) is 20.1. The number of aliphatic hydroxyl groups is 3. The molecule has 18 atom stereocenters. The van der Waals surface area contributed by atoms with Crippen LogP contribution in [0.25, 0.3) is 21.5 Å². The van der Waals surface area contributed by atoms with Crippen molar-refractivity contribution >= 4 is 86.3 Å². The lowest BCUT2D eigenvalue weighted by molar-refractivity contribution is -0.338. The van der Waals surface area contributed by atoms with Crippen LogP contribution >= 0.6 is 0 Å². The Morgan fingerprint density at radius 3 is 1.33 bits per heavy atom. The molecule has 109 heavy (non-hydrogen) atoms. The summed E-state index contributed by atoms with van der Waals surface area (Å²) in [6.45, 7) is 22.1. The van der Waals surface area contributed by atoms with Crippen LogP contribution in [0.5, 0.6) is 0 Å². The number of amides is 2. The average Bonchev–Trinajstić information content (AvgIpc) is 0.673. The number of carbonyl (C=O) groups excluding carboxylic acids is 11. The van der Waals surface area contributed by atoms with E-state index in [2.05, 4.69) is 0 Å². The molecule has 22 heteroatoms. The first-order valence-electron chi connectivity index (χ1n) is 37.2. The molecule has 4 saturated carbocycles. The van der Waals surface area contributed by atoms with Crippen LogP contribution < -0.4 is 0 Å². The molecular weight excluding hydrogens is 1390 g/mol. The highest BCUT2D eigenvalue weighted by Gasteiger charge is 2.80. The first kappa shape index (κ1) is 77.4. The lowest BCUT2D eigenvalue weighted by atomic mass is 9.43. The summed E-state index contributed by atoms with van der Waals surface area (Å²) in [5.41, 5.74) is -10.2. The molecule has 4 bridgehead atoms. The van der Waals surface area contributed by atoms with Gasteiger partial charge in [0.25, 0.3) is 5.91 Å². The zero-order chi connectivity index (χ0) is 78.9. The lowest BCUT2D eigenvalue weighted by Crippen LogP contribution is -2.80.